The lowest BCUT2D eigenvalue weighted by molar-refractivity contribution is -0.122. The molecule has 3 amide bonds. The van der Waals surface area contributed by atoms with Crippen molar-refractivity contribution in [3.05, 3.63) is 96.6 Å². The Morgan fingerprint density at radius 1 is 0.919 bits per heavy atom. The second-order valence-corrected chi connectivity index (χ2v) is 10.2. The number of para-hydroxylation sites is 2. The Labute approximate surface area is 220 Å². The van der Waals surface area contributed by atoms with Gasteiger partial charge in [-0.25, -0.2) is 0 Å². The molecule has 0 unspecified atom stereocenters. The largest absolute Gasteiger partial charge is 0.492 e. The number of hydrogen-bond acceptors (Lipinski definition) is 5. The van der Waals surface area contributed by atoms with Crippen molar-refractivity contribution in [2.24, 2.45) is 11.8 Å². The van der Waals surface area contributed by atoms with Crippen molar-refractivity contribution in [3.8, 4) is 5.75 Å². The Balaban J connectivity index is 1.36. The highest BCUT2D eigenvalue weighted by Crippen LogP contribution is 2.40. The molecule has 1 saturated heterocycles. The van der Waals surface area contributed by atoms with Crippen molar-refractivity contribution < 1.29 is 19.1 Å². The van der Waals surface area contributed by atoms with Crippen molar-refractivity contribution in [1.29, 1.82) is 0 Å². The van der Waals surface area contributed by atoms with Crippen molar-refractivity contribution in [1.82, 2.24) is 0 Å². The first-order valence-electron chi connectivity index (χ1n) is 12.4. The second kappa shape index (κ2) is 11.0. The number of carbonyl (C=O) groups is 3. The predicted octanol–water partition coefficient (Wildman–Crippen LogP) is 6.01. The van der Waals surface area contributed by atoms with E-state index in [1.165, 1.54) is 16.7 Å². The molecule has 6 nitrogen and oxygen atoms in total. The van der Waals surface area contributed by atoms with Gasteiger partial charge in [-0.2, -0.15) is 0 Å². The van der Waals surface area contributed by atoms with Gasteiger partial charge >= 0.3 is 0 Å². The summed E-state index contributed by atoms with van der Waals surface area (Å²) in [6.07, 6.45) is 5.19. The minimum atomic E-state index is -0.522. The number of benzene rings is 3. The van der Waals surface area contributed by atoms with Crippen molar-refractivity contribution in [2.75, 3.05) is 16.8 Å². The summed E-state index contributed by atoms with van der Waals surface area (Å²) >= 11 is 1.41. The van der Waals surface area contributed by atoms with E-state index in [1.54, 1.807) is 12.1 Å². The molecule has 3 aromatic rings. The molecule has 0 aromatic heterocycles. The molecule has 5 rings (SSSR count). The molecule has 3 aromatic carbocycles. The molecule has 1 aliphatic heterocycles. The first-order valence-corrected chi connectivity index (χ1v) is 13.3. The average Bonchev–Trinajstić information content (AvgIpc) is 3.19. The van der Waals surface area contributed by atoms with Crippen LogP contribution in [-0.4, -0.2) is 24.3 Å². The summed E-state index contributed by atoms with van der Waals surface area (Å²) in [5.74, 6) is -0.345. The number of carbonyl (C=O) groups excluding carboxylic acids is 3. The first kappa shape index (κ1) is 24.8. The minimum Gasteiger partial charge on any atom is -0.492 e. The number of ether oxygens (including phenoxy) is 1. The average molecular weight is 513 g/mol. The Kier molecular flexibility index (Phi) is 7.42. The van der Waals surface area contributed by atoms with Crippen LogP contribution in [0, 0.1) is 11.8 Å². The quantitative estimate of drug-likeness (QED) is 0.227. The SMILES string of the molecule is CCOc1ccccc1NC(=O)[C@@H](Sc1ccc(N2C(=O)[C@H]3CC=CC[C@@H]3C2=O)cc1)c1ccccc1. The fraction of sp³-hybridized carbons (Fsp3) is 0.233. The number of nitrogens with zero attached hydrogens (tertiary/aromatic N) is 1. The van der Waals surface area contributed by atoms with Crippen molar-refractivity contribution >= 4 is 40.9 Å². The molecule has 0 saturated carbocycles. The molecule has 188 valence electrons. The summed E-state index contributed by atoms with van der Waals surface area (Å²) in [4.78, 5) is 41.5. The van der Waals surface area contributed by atoms with Crippen LogP contribution in [-0.2, 0) is 14.4 Å². The fourth-order valence-electron chi connectivity index (χ4n) is 4.81. The Morgan fingerprint density at radius 3 is 2.19 bits per heavy atom. The van der Waals surface area contributed by atoms with Crippen molar-refractivity contribution in [2.45, 2.75) is 29.9 Å². The number of nitrogens with one attached hydrogen (secondary N) is 1. The standard InChI is InChI=1S/C30H28N2O4S/c1-2-36-26-15-9-8-14-25(26)31-28(33)27(20-10-4-3-5-11-20)37-22-18-16-21(17-19-22)32-29(34)23-12-6-7-13-24(23)30(32)35/h3-11,14-19,23-24,27H,2,12-13H2,1H3,(H,31,33)/t23-,24-,27-/m0/s1. The van der Waals surface area contributed by atoms with Gasteiger partial charge in [0.2, 0.25) is 17.7 Å². The van der Waals surface area contributed by atoms with Gasteiger partial charge in [-0.3, -0.25) is 19.3 Å². The van der Waals surface area contributed by atoms with Gasteiger partial charge < -0.3 is 10.1 Å². The molecule has 0 spiro atoms. The molecule has 1 N–H and O–H groups in total. The maximum absolute atomic E-state index is 13.5. The molecule has 1 aliphatic carbocycles. The molecular formula is C30H28N2O4S. The van der Waals surface area contributed by atoms with Crippen molar-refractivity contribution in [3.63, 3.8) is 0 Å². The molecule has 0 radical (unpaired) electrons. The lowest BCUT2D eigenvalue weighted by Crippen LogP contribution is -2.30. The van der Waals surface area contributed by atoms with Gasteiger partial charge in [-0.05, 0) is 61.7 Å². The summed E-state index contributed by atoms with van der Waals surface area (Å²) in [7, 11) is 0. The zero-order chi connectivity index (χ0) is 25.8. The van der Waals surface area contributed by atoms with Crippen LogP contribution in [0.5, 0.6) is 5.75 Å². The number of hydrogen-bond donors (Lipinski definition) is 1. The second-order valence-electron chi connectivity index (χ2n) is 8.99. The number of imide groups is 1. The monoisotopic (exact) mass is 512 g/mol. The van der Waals surface area contributed by atoms with E-state index >= 15 is 0 Å². The first-order chi connectivity index (χ1) is 18.1. The van der Waals surface area contributed by atoms with E-state index < -0.39 is 5.25 Å². The van der Waals surface area contributed by atoms with Crippen LogP contribution in [0.2, 0.25) is 0 Å². The van der Waals surface area contributed by atoms with Crippen LogP contribution < -0.4 is 15.0 Å². The molecule has 1 fully saturated rings. The molecule has 3 atom stereocenters. The van der Waals surface area contributed by atoms with Crippen LogP contribution in [0.25, 0.3) is 0 Å². The molecular weight excluding hydrogens is 484 g/mol. The number of rotatable bonds is 8. The van der Waals surface area contributed by atoms with Crippen LogP contribution in [0.4, 0.5) is 11.4 Å². The predicted molar refractivity (Wildman–Crippen MR) is 146 cm³/mol. The highest BCUT2D eigenvalue weighted by Gasteiger charge is 2.47. The number of allylic oxidation sites excluding steroid dienone is 2. The smallest absolute Gasteiger partial charge is 0.242 e. The molecule has 1 heterocycles. The van der Waals surface area contributed by atoms with Gasteiger partial charge in [0.15, 0.2) is 0 Å². The third-order valence-corrected chi connectivity index (χ3v) is 7.91. The van der Waals surface area contributed by atoms with Gasteiger partial charge in [-0.1, -0.05) is 54.6 Å². The Hall–Kier alpha value is -3.84. The third-order valence-electron chi connectivity index (χ3n) is 6.64. The lowest BCUT2D eigenvalue weighted by atomic mass is 9.85. The van der Waals surface area contributed by atoms with Gasteiger partial charge in [0, 0.05) is 4.90 Å². The molecule has 7 heteroatoms. The zero-order valence-electron chi connectivity index (χ0n) is 20.5. The summed E-state index contributed by atoms with van der Waals surface area (Å²) in [6, 6.07) is 24.3. The Morgan fingerprint density at radius 2 is 1.54 bits per heavy atom. The van der Waals surface area contributed by atoms with E-state index in [4.69, 9.17) is 4.74 Å². The van der Waals surface area contributed by atoms with Gasteiger partial charge in [0.05, 0.1) is 29.8 Å². The van der Waals surface area contributed by atoms with E-state index in [0.29, 0.717) is 36.6 Å². The number of fused-ring (bicyclic) bond motifs is 1. The summed E-state index contributed by atoms with van der Waals surface area (Å²) < 4.78 is 5.67. The summed E-state index contributed by atoms with van der Waals surface area (Å²) in [6.45, 7) is 2.40. The zero-order valence-corrected chi connectivity index (χ0v) is 21.3. The van der Waals surface area contributed by atoms with E-state index in [9.17, 15) is 14.4 Å². The number of thioether (sulfide) groups is 1. The number of amides is 3. The van der Waals surface area contributed by atoms with Crippen LogP contribution in [0.15, 0.2) is 95.9 Å². The van der Waals surface area contributed by atoms with Gasteiger partial charge in [-0.15, -0.1) is 11.8 Å². The normalized spacial score (nSPS) is 19.4. The van der Waals surface area contributed by atoms with E-state index in [2.05, 4.69) is 5.32 Å². The molecule has 37 heavy (non-hydrogen) atoms. The summed E-state index contributed by atoms with van der Waals surface area (Å²) in [5.41, 5.74) is 2.05. The van der Waals surface area contributed by atoms with Crippen LogP contribution in [0.1, 0.15) is 30.6 Å². The number of anilines is 2. The highest BCUT2D eigenvalue weighted by atomic mass is 32.2. The van der Waals surface area contributed by atoms with E-state index in [1.807, 2.05) is 85.8 Å². The van der Waals surface area contributed by atoms with E-state index in [0.717, 1.165) is 10.5 Å². The van der Waals surface area contributed by atoms with Gasteiger partial charge in [0.25, 0.3) is 0 Å². The topological polar surface area (TPSA) is 75.7 Å². The van der Waals surface area contributed by atoms with E-state index in [-0.39, 0.29) is 29.6 Å². The van der Waals surface area contributed by atoms with Crippen LogP contribution in [0.3, 0.4) is 0 Å². The maximum Gasteiger partial charge on any atom is 0.242 e. The Bertz CT molecular complexity index is 1300. The van der Waals surface area contributed by atoms with Crippen LogP contribution >= 0.6 is 11.8 Å². The maximum atomic E-state index is 13.5. The molecule has 0 bridgehead atoms. The fourth-order valence-corrected chi connectivity index (χ4v) is 5.84. The minimum absolute atomic E-state index is 0.130. The van der Waals surface area contributed by atoms with Gasteiger partial charge in [0.1, 0.15) is 11.0 Å². The summed E-state index contributed by atoms with van der Waals surface area (Å²) in [5, 5.41) is 2.50. The lowest BCUT2D eigenvalue weighted by Gasteiger charge is -2.19. The third kappa shape index (κ3) is 5.18. The highest BCUT2D eigenvalue weighted by molar-refractivity contribution is 8.00. The molecule has 2 aliphatic rings.